The van der Waals surface area contributed by atoms with E-state index in [9.17, 15) is 26.0 Å². The molecule has 0 unspecified atom stereocenters. The fraction of sp³-hybridized carbons (Fsp3) is 0.333. The number of hydrogen-bond acceptors (Lipinski definition) is 2. The molecule has 1 aromatic rings. The molecule has 0 aliphatic heterocycles. The summed E-state index contributed by atoms with van der Waals surface area (Å²) < 4.78 is 71.9. The summed E-state index contributed by atoms with van der Waals surface area (Å²) in [6.45, 7) is 0.737. The van der Waals surface area contributed by atoms with E-state index in [0.29, 0.717) is 5.56 Å². The highest BCUT2D eigenvalue weighted by molar-refractivity contribution is 7.90. The maximum atomic E-state index is 13.2. The Bertz CT molecular complexity index is 490. The highest BCUT2D eigenvalue weighted by Crippen LogP contribution is 2.22. The van der Waals surface area contributed by atoms with E-state index in [2.05, 4.69) is 0 Å². The Hall–Kier alpha value is -1.15. The van der Waals surface area contributed by atoms with Crippen LogP contribution in [0.2, 0.25) is 0 Å². The lowest BCUT2D eigenvalue weighted by Crippen LogP contribution is -2.36. The molecule has 0 spiro atoms. The van der Waals surface area contributed by atoms with Crippen LogP contribution in [0, 0.1) is 12.7 Å². The van der Waals surface area contributed by atoms with Crippen molar-refractivity contribution in [2.45, 2.75) is 19.0 Å². The number of benzene rings is 1. The second kappa shape index (κ2) is 4.61. The molecule has 0 saturated heterocycles. The molecule has 0 aromatic heterocycles. The molecule has 0 aliphatic rings. The first-order valence-corrected chi connectivity index (χ1v) is 5.93. The standard InChI is InChI=1S/C9H9F4NO2S/c1-6-3-2-4-8(10)7(6)5-14-17(15,16)9(11,12)13/h2-4,14H,5H2,1H3. The van der Waals surface area contributed by atoms with Gasteiger partial charge in [0.15, 0.2) is 0 Å². The van der Waals surface area contributed by atoms with Gasteiger partial charge in [0.2, 0.25) is 0 Å². The first-order valence-electron chi connectivity index (χ1n) is 4.45. The van der Waals surface area contributed by atoms with Gasteiger partial charge in [-0.2, -0.15) is 13.2 Å². The summed E-state index contributed by atoms with van der Waals surface area (Å²) >= 11 is 0. The number of nitrogens with one attached hydrogen (secondary N) is 1. The molecule has 0 saturated carbocycles. The van der Waals surface area contributed by atoms with Crippen molar-refractivity contribution in [1.29, 1.82) is 0 Å². The fourth-order valence-corrected chi connectivity index (χ4v) is 1.64. The van der Waals surface area contributed by atoms with Crippen molar-refractivity contribution in [2.75, 3.05) is 0 Å². The van der Waals surface area contributed by atoms with Gasteiger partial charge in [0, 0.05) is 12.1 Å². The Labute approximate surface area is 95.5 Å². The van der Waals surface area contributed by atoms with E-state index >= 15 is 0 Å². The number of rotatable bonds is 3. The van der Waals surface area contributed by atoms with Crippen molar-refractivity contribution < 1.29 is 26.0 Å². The minimum Gasteiger partial charge on any atom is -0.207 e. The second-order valence-corrected chi connectivity index (χ2v) is 5.06. The van der Waals surface area contributed by atoms with Crippen LogP contribution in [-0.4, -0.2) is 13.9 Å². The lowest BCUT2D eigenvalue weighted by Gasteiger charge is -2.11. The topological polar surface area (TPSA) is 46.2 Å². The zero-order valence-electron chi connectivity index (χ0n) is 8.68. The summed E-state index contributed by atoms with van der Waals surface area (Å²) in [7, 11) is -5.45. The number of alkyl halides is 3. The van der Waals surface area contributed by atoms with Crippen LogP contribution in [0.25, 0.3) is 0 Å². The van der Waals surface area contributed by atoms with Crippen LogP contribution >= 0.6 is 0 Å². The van der Waals surface area contributed by atoms with Gasteiger partial charge in [-0.1, -0.05) is 12.1 Å². The molecule has 17 heavy (non-hydrogen) atoms. The lowest BCUT2D eigenvalue weighted by atomic mass is 10.1. The van der Waals surface area contributed by atoms with Crippen molar-refractivity contribution >= 4 is 10.0 Å². The van der Waals surface area contributed by atoms with Gasteiger partial charge in [-0.3, -0.25) is 0 Å². The Kier molecular flexibility index (Phi) is 3.78. The van der Waals surface area contributed by atoms with Crippen LogP contribution in [0.1, 0.15) is 11.1 Å². The monoisotopic (exact) mass is 271 g/mol. The largest absolute Gasteiger partial charge is 0.511 e. The molecule has 96 valence electrons. The number of aryl methyl sites for hydroxylation is 1. The Morgan fingerprint density at radius 2 is 1.88 bits per heavy atom. The maximum absolute atomic E-state index is 13.2. The zero-order chi connectivity index (χ0) is 13.3. The van der Waals surface area contributed by atoms with Crippen LogP contribution in [0.15, 0.2) is 18.2 Å². The third-order valence-electron chi connectivity index (χ3n) is 2.10. The highest BCUT2D eigenvalue weighted by atomic mass is 32.2. The van der Waals surface area contributed by atoms with Gasteiger partial charge >= 0.3 is 15.5 Å². The van der Waals surface area contributed by atoms with Gasteiger partial charge in [-0.15, -0.1) is 0 Å². The molecule has 1 N–H and O–H groups in total. The Morgan fingerprint density at radius 3 is 2.35 bits per heavy atom. The van der Waals surface area contributed by atoms with Crippen molar-refractivity contribution in [1.82, 2.24) is 4.72 Å². The van der Waals surface area contributed by atoms with Crippen molar-refractivity contribution in [3.8, 4) is 0 Å². The molecule has 3 nitrogen and oxygen atoms in total. The van der Waals surface area contributed by atoms with Gasteiger partial charge in [-0.25, -0.2) is 17.5 Å². The van der Waals surface area contributed by atoms with E-state index in [0.717, 1.165) is 6.07 Å². The molecule has 0 aliphatic carbocycles. The van der Waals surface area contributed by atoms with Crippen LogP contribution < -0.4 is 4.72 Å². The zero-order valence-corrected chi connectivity index (χ0v) is 9.49. The Balaban J connectivity index is 2.89. The summed E-state index contributed by atoms with van der Waals surface area (Å²) in [4.78, 5) is 0. The molecule has 1 aromatic carbocycles. The molecular weight excluding hydrogens is 262 g/mol. The van der Waals surface area contributed by atoms with E-state index in [1.165, 1.54) is 23.8 Å². The predicted octanol–water partition coefficient (Wildman–Crippen LogP) is 2.07. The molecular formula is C9H9F4NO2S. The number of halogens is 4. The molecule has 0 bridgehead atoms. The van der Waals surface area contributed by atoms with Crippen molar-refractivity contribution in [2.24, 2.45) is 0 Å². The highest BCUT2D eigenvalue weighted by Gasteiger charge is 2.45. The van der Waals surface area contributed by atoms with Crippen LogP contribution in [0.5, 0.6) is 0 Å². The van der Waals surface area contributed by atoms with Crippen LogP contribution in [0.4, 0.5) is 17.6 Å². The second-order valence-electron chi connectivity index (χ2n) is 3.31. The molecule has 0 radical (unpaired) electrons. The first kappa shape index (κ1) is 13.9. The third-order valence-corrected chi connectivity index (χ3v) is 3.23. The number of hydrogen-bond donors (Lipinski definition) is 1. The van der Waals surface area contributed by atoms with Gasteiger partial charge in [0.1, 0.15) is 5.82 Å². The quantitative estimate of drug-likeness (QED) is 0.855. The van der Waals surface area contributed by atoms with Gasteiger partial charge in [0.05, 0.1) is 0 Å². The molecule has 1 rings (SSSR count). The van der Waals surface area contributed by atoms with Gasteiger partial charge in [0.25, 0.3) is 0 Å². The molecule has 0 amide bonds. The van der Waals surface area contributed by atoms with Gasteiger partial charge < -0.3 is 0 Å². The van der Waals surface area contributed by atoms with E-state index in [1.807, 2.05) is 0 Å². The van der Waals surface area contributed by atoms with Gasteiger partial charge in [-0.05, 0) is 18.6 Å². The van der Waals surface area contributed by atoms with E-state index in [1.54, 1.807) is 0 Å². The SMILES string of the molecule is Cc1cccc(F)c1CNS(=O)(=O)C(F)(F)F. The predicted molar refractivity (Wildman–Crippen MR) is 53.0 cm³/mol. The maximum Gasteiger partial charge on any atom is 0.511 e. The number of sulfonamides is 1. The summed E-state index contributed by atoms with van der Waals surface area (Å²) in [5.74, 6) is -0.755. The first-order chi connectivity index (χ1) is 7.65. The summed E-state index contributed by atoms with van der Waals surface area (Å²) in [6, 6.07) is 3.90. The minimum absolute atomic E-state index is 0.111. The average Bonchev–Trinajstić information content (AvgIpc) is 2.15. The van der Waals surface area contributed by atoms with Crippen molar-refractivity contribution in [3.05, 3.63) is 35.1 Å². The van der Waals surface area contributed by atoms with E-state index in [-0.39, 0.29) is 5.56 Å². The molecule has 0 fully saturated rings. The van der Waals surface area contributed by atoms with Crippen LogP contribution in [0.3, 0.4) is 0 Å². The molecule has 8 heteroatoms. The third kappa shape index (κ3) is 3.16. The average molecular weight is 271 g/mol. The normalized spacial score (nSPS) is 12.8. The van der Waals surface area contributed by atoms with E-state index < -0.39 is 27.9 Å². The molecule has 0 heterocycles. The van der Waals surface area contributed by atoms with Crippen molar-refractivity contribution in [3.63, 3.8) is 0 Å². The summed E-state index contributed by atoms with van der Waals surface area (Å²) in [5, 5.41) is 0. The fourth-order valence-electron chi connectivity index (χ4n) is 1.14. The minimum atomic E-state index is -5.45. The Morgan fingerprint density at radius 1 is 1.29 bits per heavy atom. The van der Waals surface area contributed by atoms with Crippen LogP contribution in [-0.2, 0) is 16.6 Å². The summed E-state index contributed by atoms with van der Waals surface area (Å²) in [5.41, 5.74) is -5.14. The smallest absolute Gasteiger partial charge is 0.207 e. The van der Waals surface area contributed by atoms with E-state index in [4.69, 9.17) is 0 Å². The summed E-state index contributed by atoms with van der Waals surface area (Å²) in [6.07, 6.45) is 0. The lowest BCUT2D eigenvalue weighted by molar-refractivity contribution is -0.0448. The molecule has 0 atom stereocenters.